The second kappa shape index (κ2) is 5.63. The van der Waals surface area contributed by atoms with Crippen molar-refractivity contribution in [2.75, 3.05) is 0 Å². The fraction of sp³-hybridized carbons (Fsp3) is 0.263. The van der Waals surface area contributed by atoms with Crippen LogP contribution in [-0.4, -0.2) is 27.4 Å². The third-order valence-corrected chi connectivity index (χ3v) is 4.34. The van der Waals surface area contributed by atoms with Crippen LogP contribution in [0.5, 0.6) is 0 Å². The minimum atomic E-state index is -0.410. The number of nitrogens with zero attached hydrogens (tertiary/aromatic N) is 2. The van der Waals surface area contributed by atoms with Gasteiger partial charge in [-0.25, -0.2) is 10.0 Å². The lowest BCUT2D eigenvalue weighted by Crippen LogP contribution is -2.48. The molecule has 23 heavy (non-hydrogen) atoms. The van der Waals surface area contributed by atoms with Gasteiger partial charge >= 0.3 is 0 Å². The van der Waals surface area contributed by atoms with Crippen LogP contribution in [0.15, 0.2) is 55.1 Å². The Bertz CT molecular complexity index is 790. The third-order valence-electron chi connectivity index (χ3n) is 4.34. The van der Waals surface area contributed by atoms with Crippen molar-refractivity contribution in [1.29, 1.82) is 0 Å². The summed E-state index contributed by atoms with van der Waals surface area (Å²) in [7, 11) is 0. The largest absolute Gasteiger partial charge is 0.273 e. The minimum absolute atomic E-state index is 0.180. The normalized spacial score (nSPS) is 17.7. The Hall–Kier alpha value is -2.46. The molecule has 4 heteroatoms. The highest BCUT2D eigenvalue weighted by Crippen LogP contribution is 2.33. The molecule has 118 valence electrons. The van der Waals surface area contributed by atoms with Crippen molar-refractivity contribution < 1.29 is 9.59 Å². The lowest BCUT2D eigenvalue weighted by Gasteiger charge is -2.35. The molecule has 0 radical (unpaired) electrons. The molecule has 0 aliphatic carbocycles. The van der Waals surface area contributed by atoms with Gasteiger partial charge in [0.15, 0.2) is 0 Å². The molecular weight excluding hydrogens is 288 g/mol. The van der Waals surface area contributed by atoms with Gasteiger partial charge in [-0.3, -0.25) is 9.59 Å². The molecule has 0 bridgehead atoms. The fourth-order valence-electron chi connectivity index (χ4n) is 3.15. The lowest BCUT2D eigenvalue weighted by atomic mass is 9.99. The summed E-state index contributed by atoms with van der Waals surface area (Å²) in [6.45, 7) is 7.97. The summed E-state index contributed by atoms with van der Waals surface area (Å²) in [5.74, 6) is -0.555. The molecule has 0 aromatic heterocycles. The first-order valence-electron chi connectivity index (χ1n) is 7.67. The topological polar surface area (TPSA) is 40.6 Å². The van der Waals surface area contributed by atoms with Crippen LogP contribution in [0.25, 0.3) is 10.8 Å². The third kappa shape index (κ3) is 2.66. The molecule has 0 atom stereocenters. The summed E-state index contributed by atoms with van der Waals surface area (Å²) in [5, 5.41) is 5.36. The summed E-state index contributed by atoms with van der Waals surface area (Å²) in [5.41, 5.74) is 0.680. The Morgan fingerprint density at radius 3 is 2.65 bits per heavy atom. The maximum absolute atomic E-state index is 12.3. The van der Waals surface area contributed by atoms with Crippen molar-refractivity contribution in [3.05, 3.63) is 60.7 Å². The van der Waals surface area contributed by atoms with E-state index in [0.29, 0.717) is 13.0 Å². The molecule has 0 saturated carbocycles. The fourth-order valence-corrected chi connectivity index (χ4v) is 3.15. The van der Waals surface area contributed by atoms with Crippen LogP contribution in [-0.2, 0) is 16.1 Å². The smallest absolute Gasteiger partial charge is 0.267 e. The van der Waals surface area contributed by atoms with Crippen molar-refractivity contribution in [2.45, 2.75) is 32.4 Å². The van der Waals surface area contributed by atoms with Gasteiger partial charge in [0.2, 0.25) is 5.91 Å². The number of rotatable bonds is 3. The molecule has 2 amide bonds. The molecule has 1 aliphatic rings. The number of benzene rings is 2. The Morgan fingerprint density at radius 2 is 1.91 bits per heavy atom. The summed E-state index contributed by atoms with van der Waals surface area (Å²) in [6, 6.07) is 14.2. The number of carbonyl (C=O) groups excluding carboxylic acids is 2. The average Bonchev–Trinajstić information content (AvgIpc) is 2.75. The molecule has 1 aliphatic heterocycles. The predicted molar refractivity (Wildman–Crippen MR) is 90.2 cm³/mol. The molecule has 1 saturated heterocycles. The summed E-state index contributed by atoms with van der Waals surface area (Å²) in [6.07, 6.45) is 1.51. The SMILES string of the molecule is C=CC(=O)N1C(=O)CC(C)(C)N1Cc1cccc2ccccc12. The first kappa shape index (κ1) is 15.4. The zero-order valence-corrected chi connectivity index (χ0v) is 13.5. The van der Waals surface area contributed by atoms with Gasteiger partial charge in [-0.05, 0) is 36.3 Å². The van der Waals surface area contributed by atoms with E-state index >= 15 is 0 Å². The van der Waals surface area contributed by atoms with Crippen molar-refractivity contribution in [3.8, 4) is 0 Å². The first-order valence-corrected chi connectivity index (χ1v) is 7.67. The van der Waals surface area contributed by atoms with E-state index in [2.05, 4.69) is 24.8 Å². The zero-order valence-electron chi connectivity index (χ0n) is 13.5. The summed E-state index contributed by atoms with van der Waals surface area (Å²) in [4.78, 5) is 24.4. The zero-order chi connectivity index (χ0) is 16.6. The van der Waals surface area contributed by atoms with Crippen molar-refractivity contribution in [1.82, 2.24) is 10.0 Å². The van der Waals surface area contributed by atoms with Crippen LogP contribution in [0.2, 0.25) is 0 Å². The number of amides is 2. The number of hydrazine groups is 1. The number of hydrogen-bond acceptors (Lipinski definition) is 3. The van der Waals surface area contributed by atoms with Crippen LogP contribution in [0.4, 0.5) is 0 Å². The van der Waals surface area contributed by atoms with Gasteiger partial charge in [-0.2, -0.15) is 0 Å². The van der Waals surface area contributed by atoms with E-state index in [1.54, 1.807) is 0 Å². The predicted octanol–water partition coefficient (Wildman–Crippen LogP) is 3.28. The molecule has 0 unspecified atom stereocenters. The Balaban J connectivity index is 2.03. The molecule has 0 N–H and O–H groups in total. The van der Waals surface area contributed by atoms with Gasteiger partial charge in [-0.1, -0.05) is 49.0 Å². The van der Waals surface area contributed by atoms with Crippen molar-refractivity contribution in [2.24, 2.45) is 0 Å². The van der Waals surface area contributed by atoms with Gasteiger partial charge in [0, 0.05) is 18.5 Å². The molecule has 2 aromatic rings. The Labute approximate surface area is 136 Å². The van der Waals surface area contributed by atoms with E-state index in [1.165, 1.54) is 11.1 Å². The molecule has 1 fully saturated rings. The monoisotopic (exact) mass is 308 g/mol. The molecular formula is C19H20N2O2. The number of fused-ring (bicyclic) bond motifs is 1. The highest BCUT2D eigenvalue weighted by Gasteiger charge is 2.45. The quantitative estimate of drug-likeness (QED) is 0.817. The van der Waals surface area contributed by atoms with E-state index in [0.717, 1.165) is 16.3 Å². The van der Waals surface area contributed by atoms with E-state index in [9.17, 15) is 9.59 Å². The van der Waals surface area contributed by atoms with Crippen molar-refractivity contribution in [3.63, 3.8) is 0 Å². The standard InChI is InChI=1S/C19H20N2O2/c1-4-17(22)21-18(23)12-19(2,3)20(21)13-15-10-7-9-14-8-5-6-11-16(14)15/h4-11H,1,12-13H2,2-3H3. The molecule has 1 heterocycles. The maximum atomic E-state index is 12.3. The molecule has 3 rings (SSSR count). The second-order valence-corrected chi connectivity index (χ2v) is 6.43. The van der Waals surface area contributed by atoms with Crippen LogP contribution in [0, 0.1) is 0 Å². The van der Waals surface area contributed by atoms with E-state index < -0.39 is 5.54 Å². The Kier molecular flexibility index (Phi) is 3.78. The van der Waals surface area contributed by atoms with E-state index in [1.807, 2.05) is 43.1 Å². The van der Waals surface area contributed by atoms with Crippen LogP contribution in [0.1, 0.15) is 25.8 Å². The van der Waals surface area contributed by atoms with Gasteiger partial charge in [0.05, 0.1) is 0 Å². The summed E-state index contributed by atoms with van der Waals surface area (Å²) >= 11 is 0. The van der Waals surface area contributed by atoms with Gasteiger partial charge in [0.1, 0.15) is 0 Å². The molecule has 2 aromatic carbocycles. The van der Waals surface area contributed by atoms with Crippen LogP contribution in [0.3, 0.4) is 0 Å². The molecule has 4 nitrogen and oxygen atoms in total. The van der Waals surface area contributed by atoms with Crippen LogP contribution >= 0.6 is 0 Å². The first-order chi connectivity index (χ1) is 10.9. The van der Waals surface area contributed by atoms with Gasteiger partial charge < -0.3 is 0 Å². The average molecular weight is 308 g/mol. The number of hydrogen-bond donors (Lipinski definition) is 0. The van der Waals surface area contributed by atoms with Crippen molar-refractivity contribution >= 4 is 22.6 Å². The highest BCUT2D eigenvalue weighted by molar-refractivity contribution is 6.01. The van der Waals surface area contributed by atoms with E-state index in [4.69, 9.17) is 0 Å². The van der Waals surface area contributed by atoms with E-state index in [-0.39, 0.29) is 11.8 Å². The molecule has 0 spiro atoms. The Morgan fingerprint density at radius 1 is 1.22 bits per heavy atom. The lowest BCUT2D eigenvalue weighted by molar-refractivity contribution is -0.157. The maximum Gasteiger partial charge on any atom is 0.267 e. The van der Waals surface area contributed by atoms with Gasteiger partial charge in [-0.15, -0.1) is 0 Å². The number of carbonyl (C=O) groups is 2. The van der Waals surface area contributed by atoms with Crippen LogP contribution < -0.4 is 0 Å². The second-order valence-electron chi connectivity index (χ2n) is 6.43. The van der Waals surface area contributed by atoms with Gasteiger partial charge in [0.25, 0.3) is 5.91 Å². The summed E-state index contributed by atoms with van der Waals surface area (Å²) < 4.78 is 0. The number of imide groups is 1. The minimum Gasteiger partial charge on any atom is -0.273 e. The highest BCUT2D eigenvalue weighted by atomic mass is 16.2.